The van der Waals surface area contributed by atoms with E-state index < -0.39 is 0 Å². The van der Waals surface area contributed by atoms with Gasteiger partial charge in [0.05, 0.1) is 17.4 Å². The van der Waals surface area contributed by atoms with Crippen molar-refractivity contribution < 1.29 is 4.79 Å². The van der Waals surface area contributed by atoms with Gasteiger partial charge < -0.3 is 9.47 Å². The molecule has 1 saturated heterocycles. The number of hydrogen-bond acceptors (Lipinski definition) is 4. The first-order valence-corrected chi connectivity index (χ1v) is 7.70. The lowest BCUT2D eigenvalue weighted by Gasteiger charge is -2.32. The van der Waals surface area contributed by atoms with Gasteiger partial charge in [-0.25, -0.2) is 4.98 Å². The number of thiazole rings is 1. The lowest BCUT2D eigenvalue weighted by molar-refractivity contribution is 0.0708. The second kappa shape index (κ2) is 5.36. The molecule has 0 aliphatic carbocycles. The summed E-state index contributed by atoms with van der Waals surface area (Å²) in [6, 6.07) is 0. The number of aromatic nitrogens is 3. The number of amides is 1. The van der Waals surface area contributed by atoms with Gasteiger partial charge in [-0.3, -0.25) is 9.78 Å². The number of hydrogen-bond donors (Lipinski definition) is 0. The molecule has 0 bridgehead atoms. The van der Waals surface area contributed by atoms with Gasteiger partial charge in [-0.15, -0.1) is 11.3 Å². The fourth-order valence-corrected chi connectivity index (χ4v) is 3.45. The molecule has 3 rings (SSSR count). The van der Waals surface area contributed by atoms with E-state index in [1.807, 2.05) is 25.1 Å². The minimum atomic E-state index is 0.100. The van der Waals surface area contributed by atoms with Gasteiger partial charge in [0.25, 0.3) is 5.91 Å². The molecule has 106 valence electrons. The van der Waals surface area contributed by atoms with Crippen LogP contribution in [0.3, 0.4) is 0 Å². The van der Waals surface area contributed by atoms with Crippen molar-refractivity contribution in [3.05, 3.63) is 34.3 Å². The first-order chi connectivity index (χ1) is 9.65. The van der Waals surface area contributed by atoms with E-state index in [-0.39, 0.29) is 5.91 Å². The van der Waals surface area contributed by atoms with Crippen LogP contribution in [0.25, 0.3) is 0 Å². The smallest absolute Gasteiger partial charge is 0.265 e. The molecule has 1 amide bonds. The Morgan fingerprint density at radius 2 is 2.35 bits per heavy atom. The monoisotopic (exact) mass is 290 g/mol. The SMILES string of the molecule is Cc1cn(C)c([C@H]2CCCN(C(=O)c3cncs3)C2)n1. The van der Waals surface area contributed by atoms with Gasteiger partial charge in [0.15, 0.2) is 0 Å². The van der Waals surface area contributed by atoms with E-state index >= 15 is 0 Å². The summed E-state index contributed by atoms with van der Waals surface area (Å²) in [7, 11) is 2.03. The van der Waals surface area contributed by atoms with E-state index in [4.69, 9.17) is 0 Å². The second-order valence-corrected chi connectivity index (χ2v) is 6.19. The zero-order valence-electron chi connectivity index (χ0n) is 11.7. The fourth-order valence-electron chi connectivity index (χ4n) is 2.86. The third kappa shape index (κ3) is 2.47. The topological polar surface area (TPSA) is 51.0 Å². The van der Waals surface area contributed by atoms with Gasteiger partial charge in [0.1, 0.15) is 10.7 Å². The molecule has 5 nitrogen and oxygen atoms in total. The molecule has 3 heterocycles. The summed E-state index contributed by atoms with van der Waals surface area (Å²) >= 11 is 1.41. The quantitative estimate of drug-likeness (QED) is 0.852. The molecule has 2 aromatic rings. The van der Waals surface area contributed by atoms with E-state index in [0.717, 1.165) is 42.3 Å². The van der Waals surface area contributed by atoms with Crippen molar-refractivity contribution in [3.63, 3.8) is 0 Å². The predicted octanol–water partition coefficient (Wildman–Crippen LogP) is 2.20. The maximum atomic E-state index is 12.4. The number of rotatable bonds is 2. The summed E-state index contributed by atoms with van der Waals surface area (Å²) in [5.41, 5.74) is 2.74. The van der Waals surface area contributed by atoms with Crippen molar-refractivity contribution >= 4 is 17.2 Å². The molecule has 6 heteroatoms. The molecule has 1 aliphatic heterocycles. The maximum absolute atomic E-state index is 12.4. The van der Waals surface area contributed by atoms with E-state index in [1.54, 1.807) is 11.7 Å². The van der Waals surface area contributed by atoms with Gasteiger partial charge >= 0.3 is 0 Å². The first-order valence-electron chi connectivity index (χ1n) is 6.83. The van der Waals surface area contributed by atoms with Crippen LogP contribution in [0.2, 0.25) is 0 Å². The molecule has 1 aliphatic rings. The van der Waals surface area contributed by atoms with Gasteiger partial charge in [-0.1, -0.05) is 0 Å². The summed E-state index contributed by atoms with van der Waals surface area (Å²) in [5.74, 6) is 1.52. The molecule has 0 radical (unpaired) electrons. The predicted molar refractivity (Wildman–Crippen MR) is 77.9 cm³/mol. The fraction of sp³-hybridized carbons (Fsp3) is 0.500. The number of imidazole rings is 1. The number of carbonyl (C=O) groups is 1. The number of aryl methyl sites for hydroxylation is 2. The Morgan fingerprint density at radius 1 is 1.50 bits per heavy atom. The molecule has 1 fully saturated rings. The summed E-state index contributed by atoms with van der Waals surface area (Å²) in [6.07, 6.45) is 5.82. The molecular weight excluding hydrogens is 272 g/mol. The summed E-state index contributed by atoms with van der Waals surface area (Å²) in [4.78, 5) is 23.6. The molecule has 0 aromatic carbocycles. The average Bonchev–Trinajstić information content (AvgIpc) is 3.08. The Balaban J connectivity index is 1.77. The highest BCUT2D eigenvalue weighted by atomic mass is 32.1. The Labute approximate surface area is 122 Å². The van der Waals surface area contributed by atoms with Gasteiger partial charge in [-0.2, -0.15) is 0 Å². The summed E-state index contributed by atoms with van der Waals surface area (Å²) < 4.78 is 2.08. The van der Waals surface area contributed by atoms with Gasteiger partial charge in [0, 0.05) is 32.3 Å². The Kier molecular flexibility index (Phi) is 3.56. The Hall–Kier alpha value is -1.69. The van der Waals surface area contributed by atoms with Crippen LogP contribution in [0.15, 0.2) is 17.9 Å². The normalized spacial score (nSPS) is 19.3. The highest BCUT2D eigenvalue weighted by Gasteiger charge is 2.28. The molecular formula is C14H18N4OS. The molecule has 0 saturated carbocycles. The average molecular weight is 290 g/mol. The van der Waals surface area contributed by atoms with Crippen molar-refractivity contribution in [2.75, 3.05) is 13.1 Å². The van der Waals surface area contributed by atoms with E-state index in [9.17, 15) is 4.79 Å². The standard InChI is InChI=1S/C14H18N4OS/c1-10-7-17(2)13(16-10)11-4-3-5-18(8-11)14(19)12-6-15-9-20-12/h6-7,9,11H,3-5,8H2,1-2H3/t11-/m0/s1. The summed E-state index contributed by atoms with van der Waals surface area (Å²) in [6.45, 7) is 3.59. The Morgan fingerprint density at radius 3 is 3.00 bits per heavy atom. The molecule has 0 spiro atoms. The lowest BCUT2D eigenvalue weighted by atomic mass is 9.97. The molecule has 2 aromatic heterocycles. The van der Waals surface area contributed by atoms with Crippen LogP contribution in [0.4, 0.5) is 0 Å². The first kappa shape index (κ1) is 13.3. The van der Waals surface area contributed by atoms with Crippen LogP contribution >= 0.6 is 11.3 Å². The number of likely N-dealkylation sites (tertiary alicyclic amines) is 1. The van der Waals surface area contributed by atoms with Crippen LogP contribution in [-0.2, 0) is 7.05 Å². The van der Waals surface area contributed by atoms with Crippen molar-refractivity contribution in [1.29, 1.82) is 0 Å². The van der Waals surface area contributed by atoms with Gasteiger partial charge in [0.2, 0.25) is 0 Å². The van der Waals surface area contributed by atoms with Crippen molar-refractivity contribution in [1.82, 2.24) is 19.4 Å². The highest BCUT2D eigenvalue weighted by Crippen LogP contribution is 2.27. The number of nitrogens with zero attached hydrogens (tertiary/aromatic N) is 4. The molecule has 20 heavy (non-hydrogen) atoms. The lowest BCUT2D eigenvalue weighted by Crippen LogP contribution is -2.39. The molecule has 0 N–H and O–H groups in total. The second-order valence-electron chi connectivity index (χ2n) is 5.31. The van der Waals surface area contributed by atoms with Crippen LogP contribution in [0, 0.1) is 6.92 Å². The zero-order valence-corrected chi connectivity index (χ0v) is 12.6. The van der Waals surface area contributed by atoms with E-state index in [2.05, 4.69) is 14.5 Å². The highest BCUT2D eigenvalue weighted by molar-refractivity contribution is 7.11. The van der Waals surface area contributed by atoms with E-state index in [0.29, 0.717) is 5.92 Å². The van der Waals surface area contributed by atoms with Crippen LogP contribution in [0.1, 0.15) is 39.9 Å². The van der Waals surface area contributed by atoms with Crippen molar-refractivity contribution in [2.24, 2.45) is 7.05 Å². The van der Waals surface area contributed by atoms with Crippen LogP contribution in [0.5, 0.6) is 0 Å². The zero-order chi connectivity index (χ0) is 14.1. The number of carbonyl (C=O) groups excluding carboxylic acids is 1. The van der Waals surface area contributed by atoms with Crippen molar-refractivity contribution in [3.8, 4) is 0 Å². The van der Waals surface area contributed by atoms with E-state index in [1.165, 1.54) is 11.3 Å². The molecule has 0 unspecified atom stereocenters. The van der Waals surface area contributed by atoms with Gasteiger partial charge in [-0.05, 0) is 19.8 Å². The maximum Gasteiger partial charge on any atom is 0.265 e. The van der Waals surface area contributed by atoms with Crippen molar-refractivity contribution in [2.45, 2.75) is 25.7 Å². The third-order valence-corrected chi connectivity index (χ3v) is 4.51. The Bertz CT molecular complexity index is 605. The number of piperidine rings is 1. The summed E-state index contributed by atoms with van der Waals surface area (Å²) in [5, 5.41) is 0. The largest absolute Gasteiger partial charge is 0.337 e. The van der Waals surface area contributed by atoms with Crippen LogP contribution < -0.4 is 0 Å². The minimum Gasteiger partial charge on any atom is -0.337 e. The minimum absolute atomic E-state index is 0.100. The molecule has 1 atom stereocenters. The third-order valence-electron chi connectivity index (χ3n) is 3.75. The van der Waals surface area contributed by atoms with Crippen LogP contribution in [-0.4, -0.2) is 38.4 Å².